The molecule has 6 heteroatoms. The van der Waals surface area contributed by atoms with E-state index in [1.807, 2.05) is 0 Å². The van der Waals surface area contributed by atoms with Crippen LogP contribution >= 0.6 is 0 Å². The molecule has 29 heavy (non-hydrogen) atoms. The van der Waals surface area contributed by atoms with Crippen molar-refractivity contribution in [2.24, 2.45) is 0 Å². The van der Waals surface area contributed by atoms with Crippen molar-refractivity contribution in [3.05, 3.63) is 70.9 Å². The molecule has 150 valence electrons. The van der Waals surface area contributed by atoms with E-state index in [1.54, 1.807) is 6.20 Å². The van der Waals surface area contributed by atoms with Gasteiger partial charge in [0.15, 0.2) is 5.82 Å². The highest BCUT2D eigenvalue weighted by Crippen LogP contribution is 2.25. The van der Waals surface area contributed by atoms with Crippen molar-refractivity contribution in [3.63, 3.8) is 0 Å². The number of hydrogen-bond donors (Lipinski definition) is 1. The highest BCUT2D eigenvalue weighted by Gasteiger charge is 2.20. The Morgan fingerprint density at radius 1 is 0.931 bits per heavy atom. The maximum Gasteiger partial charge on any atom is 0.244 e. The molecule has 1 fully saturated rings. The summed E-state index contributed by atoms with van der Waals surface area (Å²) < 4.78 is 0. The summed E-state index contributed by atoms with van der Waals surface area (Å²) in [4.78, 5) is 9.43. The summed E-state index contributed by atoms with van der Waals surface area (Å²) in [6.07, 6.45) is 1.76. The maximum absolute atomic E-state index is 4.69. The Labute approximate surface area is 172 Å². The van der Waals surface area contributed by atoms with E-state index in [4.69, 9.17) is 0 Å². The number of benzene rings is 2. The lowest BCUT2D eigenvalue weighted by Crippen LogP contribution is -2.47. The van der Waals surface area contributed by atoms with Crippen LogP contribution in [-0.4, -0.2) is 41.4 Å². The standard InChI is InChI=1S/C23H28N6/c1-17-6-4-8-20(14-17)15-24-23-26-22(16-25-27-23)29-12-10-28(11-13-29)21-9-5-7-18(2)19(21)3/h4-9,14,16H,10-13,15H2,1-3H3,(H,24,26,27). The average molecular weight is 389 g/mol. The first-order valence-corrected chi connectivity index (χ1v) is 10.2. The lowest BCUT2D eigenvalue weighted by Gasteiger charge is -2.37. The predicted molar refractivity (Wildman–Crippen MR) is 119 cm³/mol. The number of anilines is 3. The molecule has 2 aromatic carbocycles. The van der Waals surface area contributed by atoms with Gasteiger partial charge in [-0.2, -0.15) is 10.1 Å². The first-order valence-electron chi connectivity index (χ1n) is 10.2. The third-order valence-corrected chi connectivity index (χ3v) is 5.60. The van der Waals surface area contributed by atoms with E-state index in [0.717, 1.165) is 32.0 Å². The molecule has 1 saturated heterocycles. The molecule has 1 aliphatic rings. The lowest BCUT2D eigenvalue weighted by atomic mass is 10.1. The smallest absolute Gasteiger partial charge is 0.244 e. The van der Waals surface area contributed by atoms with Gasteiger partial charge >= 0.3 is 0 Å². The highest BCUT2D eigenvalue weighted by atomic mass is 15.3. The van der Waals surface area contributed by atoms with E-state index in [9.17, 15) is 0 Å². The molecule has 0 bridgehead atoms. The van der Waals surface area contributed by atoms with Crippen molar-refractivity contribution < 1.29 is 0 Å². The lowest BCUT2D eigenvalue weighted by molar-refractivity contribution is 0.643. The van der Waals surface area contributed by atoms with E-state index in [0.29, 0.717) is 12.5 Å². The van der Waals surface area contributed by atoms with Gasteiger partial charge in [0, 0.05) is 38.4 Å². The summed E-state index contributed by atoms with van der Waals surface area (Å²) in [5.74, 6) is 1.45. The van der Waals surface area contributed by atoms with Crippen LogP contribution in [0.2, 0.25) is 0 Å². The van der Waals surface area contributed by atoms with Gasteiger partial charge in [-0.05, 0) is 43.5 Å². The second-order valence-corrected chi connectivity index (χ2v) is 7.67. The number of aryl methyl sites for hydroxylation is 2. The van der Waals surface area contributed by atoms with Crippen molar-refractivity contribution in [2.75, 3.05) is 41.3 Å². The van der Waals surface area contributed by atoms with Crippen LogP contribution in [0.4, 0.5) is 17.5 Å². The average Bonchev–Trinajstić information content (AvgIpc) is 2.75. The minimum atomic E-state index is 0.570. The molecule has 0 radical (unpaired) electrons. The summed E-state index contributed by atoms with van der Waals surface area (Å²) in [7, 11) is 0. The van der Waals surface area contributed by atoms with Crippen LogP contribution in [0.25, 0.3) is 0 Å². The van der Waals surface area contributed by atoms with Crippen LogP contribution in [-0.2, 0) is 6.54 Å². The number of piperazine rings is 1. The Bertz CT molecular complexity index is 979. The minimum absolute atomic E-state index is 0.570. The van der Waals surface area contributed by atoms with Gasteiger partial charge in [0.05, 0.1) is 6.20 Å². The summed E-state index contributed by atoms with van der Waals surface area (Å²) in [5, 5.41) is 11.6. The van der Waals surface area contributed by atoms with Crippen LogP contribution in [0.5, 0.6) is 0 Å². The maximum atomic E-state index is 4.69. The Hall–Kier alpha value is -3.15. The molecule has 1 aliphatic heterocycles. The molecule has 6 nitrogen and oxygen atoms in total. The number of rotatable bonds is 5. The molecule has 3 aromatic rings. The Morgan fingerprint density at radius 2 is 1.69 bits per heavy atom. The SMILES string of the molecule is Cc1cccc(CNc2nncc(N3CCN(c4cccc(C)c4C)CC3)n2)c1. The molecular weight excluding hydrogens is 360 g/mol. The topological polar surface area (TPSA) is 57.2 Å². The van der Waals surface area contributed by atoms with Crippen molar-refractivity contribution >= 4 is 17.5 Å². The van der Waals surface area contributed by atoms with Crippen molar-refractivity contribution in [3.8, 4) is 0 Å². The Morgan fingerprint density at radius 3 is 2.48 bits per heavy atom. The predicted octanol–water partition coefficient (Wildman–Crippen LogP) is 3.74. The zero-order chi connectivity index (χ0) is 20.2. The Kier molecular flexibility index (Phi) is 5.60. The molecule has 0 aliphatic carbocycles. The van der Waals surface area contributed by atoms with E-state index < -0.39 is 0 Å². The first-order chi connectivity index (χ1) is 14.1. The molecule has 1 N–H and O–H groups in total. The van der Waals surface area contributed by atoms with Gasteiger partial charge in [0.25, 0.3) is 0 Å². The fraction of sp³-hybridized carbons (Fsp3) is 0.348. The van der Waals surface area contributed by atoms with Gasteiger partial charge in [0.1, 0.15) is 0 Å². The molecule has 4 rings (SSSR count). The first kappa shape index (κ1) is 19.2. The molecule has 0 amide bonds. The van der Waals surface area contributed by atoms with Crippen LogP contribution in [0.1, 0.15) is 22.3 Å². The fourth-order valence-electron chi connectivity index (χ4n) is 3.78. The van der Waals surface area contributed by atoms with Gasteiger partial charge < -0.3 is 15.1 Å². The molecular formula is C23H28N6. The van der Waals surface area contributed by atoms with E-state index in [1.165, 1.54) is 27.9 Å². The summed E-state index contributed by atoms with van der Waals surface area (Å²) in [6.45, 7) is 10.9. The largest absolute Gasteiger partial charge is 0.368 e. The summed E-state index contributed by atoms with van der Waals surface area (Å²) in [5.41, 5.74) is 6.51. The second kappa shape index (κ2) is 8.47. The van der Waals surface area contributed by atoms with Crippen molar-refractivity contribution in [2.45, 2.75) is 27.3 Å². The van der Waals surface area contributed by atoms with Gasteiger partial charge in [-0.1, -0.05) is 42.0 Å². The Balaban J connectivity index is 1.38. The minimum Gasteiger partial charge on any atom is -0.368 e. The third-order valence-electron chi connectivity index (χ3n) is 5.60. The number of nitrogens with zero attached hydrogens (tertiary/aromatic N) is 5. The second-order valence-electron chi connectivity index (χ2n) is 7.67. The quantitative estimate of drug-likeness (QED) is 0.719. The molecule has 2 heterocycles. The van der Waals surface area contributed by atoms with Crippen molar-refractivity contribution in [1.29, 1.82) is 0 Å². The molecule has 0 unspecified atom stereocenters. The van der Waals surface area contributed by atoms with Crippen LogP contribution in [0, 0.1) is 20.8 Å². The normalized spacial score (nSPS) is 14.2. The number of aromatic nitrogens is 3. The summed E-state index contributed by atoms with van der Waals surface area (Å²) in [6, 6.07) is 15.0. The zero-order valence-corrected chi connectivity index (χ0v) is 17.4. The fourth-order valence-corrected chi connectivity index (χ4v) is 3.78. The van der Waals surface area contributed by atoms with E-state index >= 15 is 0 Å². The van der Waals surface area contributed by atoms with Crippen LogP contribution in [0.15, 0.2) is 48.7 Å². The van der Waals surface area contributed by atoms with Gasteiger partial charge in [-0.3, -0.25) is 0 Å². The zero-order valence-electron chi connectivity index (χ0n) is 17.4. The van der Waals surface area contributed by atoms with Crippen LogP contribution in [0.3, 0.4) is 0 Å². The van der Waals surface area contributed by atoms with E-state index in [2.05, 4.69) is 93.5 Å². The van der Waals surface area contributed by atoms with Crippen LogP contribution < -0.4 is 15.1 Å². The summed E-state index contributed by atoms with van der Waals surface area (Å²) >= 11 is 0. The highest BCUT2D eigenvalue weighted by molar-refractivity contribution is 5.57. The monoisotopic (exact) mass is 388 g/mol. The third kappa shape index (κ3) is 4.47. The van der Waals surface area contributed by atoms with Gasteiger partial charge in [-0.15, -0.1) is 5.10 Å². The number of nitrogens with one attached hydrogen (secondary N) is 1. The molecule has 0 atom stereocenters. The van der Waals surface area contributed by atoms with Gasteiger partial charge in [0.2, 0.25) is 5.95 Å². The molecule has 0 spiro atoms. The van der Waals surface area contributed by atoms with Gasteiger partial charge in [-0.25, -0.2) is 0 Å². The number of hydrogen-bond acceptors (Lipinski definition) is 6. The molecule has 0 saturated carbocycles. The van der Waals surface area contributed by atoms with E-state index in [-0.39, 0.29) is 0 Å². The van der Waals surface area contributed by atoms with Crippen molar-refractivity contribution in [1.82, 2.24) is 15.2 Å². The molecule has 1 aromatic heterocycles.